The molecule has 7 heteroatoms. The zero-order chi connectivity index (χ0) is 13.2. The van der Waals surface area contributed by atoms with E-state index >= 15 is 0 Å². The standard InChI is InChI=1S/C12H12ClN5O/c1-8-4-9-12(14-6-8)18(10(5-13)17-9)3-2-11-15-7-16-19-11/h4,6-7H,2-3,5H2,1H3. The van der Waals surface area contributed by atoms with Crippen LogP contribution in [0.25, 0.3) is 11.2 Å². The number of halogens is 1. The molecule has 0 bridgehead atoms. The largest absolute Gasteiger partial charge is 0.340 e. The van der Waals surface area contributed by atoms with E-state index in [0.29, 0.717) is 24.7 Å². The van der Waals surface area contributed by atoms with Crippen molar-refractivity contribution in [3.63, 3.8) is 0 Å². The molecule has 0 saturated heterocycles. The predicted molar refractivity (Wildman–Crippen MR) is 69.8 cm³/mol. The fourth-order valence-corrected chi connectivity index (χ4v) is 2.21. The summed E-state index contributed by atoms with van der Waals surface area (Å²) in [6.07, 6.45) is 3.85. The third kappa shape index (κ3) is 2.31. The van der Waals surface area contributed by atoms with E-state index < -0.39 is 0 Å². The molecule has 3 aromatic heterocycles. The molecule has 0 atom stereocenters. The van der Waals surface area contributed by atoms with Crippen LogP contribution in [0.5, 0.6) is 0 Å². The van der Waals surface area contributed by atoms with Crippen LogP contribution in [0.3, 0.4) is 0 Å². The molecule has 0 amide bonds. The number of hydrogen-bond donors (Lipinski definition) is 0. The highest BCUT2D eigenvalue weighted by molar-refractivity contribution is 6.16. The molecule has 3 heterocycles. The van der Waals surface area contributed by atoms with Gasteiger partial charge in [0.25, 0.3) is 0 Å². The smallest absolute Gasteiger partial charge is 0.228 e. The quantitative estimate of drug-likeness (QED) is 0.683. The van der Waals surface area contributed by atoms with Crippen molar-refractivity contribution < 1.29 is 4.52 Å². The Balaban J connectivity index is 1.96. The van der Waals surface area contributed by atoms with Crippen LogP contribution in [-0.2, 0) is 18.8 Å². The second kappa shape index (κ2) is 4.97. The van der Waals surface area contributed by atoms with E-state index in [1.165, 1.54) is 6.33 Å². The van der Waals surface area contributed by atoms with Crippen LogP contribution in [0.1, 0.15) is 17.3 Å². The molecule has 0 unspecified atom stereocenters. The van der Waals surface area contributed by atoms with Crippen LogP contribution >= 0.6 is 11.6 Å². The average Bonchev–Trinajstić information content (AvgIpc) is 3.02. The Morgan fingerprint density at radius 1 is 1.37 bits per heavy atom. The van der Waals surface area contributed by atoms with Crippen molar-refractivity contribution in [2.24, 2.45) is 0 Å². The van der Waals surface area contributed by atoms with Crippen LogP contribution in [0.4, 0.5) is 0 Å². The molecule has 0 spiro atoms. The van der Waals surface area contributed by atoms with E-state index in [1.807, 2.05) is 23.8 Å². The summed E-state index contributed by atoms with van der Waals surface area (Å²) in [6, 6.07) is 2.00. The summed E-state index contributed by atoms with van der Waals surface area (Å²) < 4.78 is 6.98. The molecule has 0 aliphatic carbocycles. The van der Waals surface area contributed by atoms with E-state index in [-0.39, 0.29) is 0 Å². The van der Waals surface area contributed by atoms with Gasteiger partial charge in [0.1, 0.15) is 11.3 Å². The minimum absolute atomic E-state index is 0.346. The lowest BCUT2D eigenvalue weighted by molar-refractivity contribution is 0.371. The van der Waals surface area contributed by atoms with E-state index in [9.17, 15) is 0 Å². The summed E-state index contributed by atoms with van der Waals surface area (Å²) in [5.74, 6) is 1.74. The summed E-state index contributed by atoms with van der Waals surface area (Å²) in [5.41, 5.74) is 2.78. The van der Waals surface area contributed by atoms with Crippen molar-refractivity contribution in [3.8, 4) is 0 Å². The fraction of sp³-hybridized carbons (Fsp3) is 0.333. The van der Waals surface area contributed by atoms with Gasteiger partial charge in [0.05, 0.1) is 5.88 Å². The maximum absolute atomic E-state index is 5.94. The predicted octanol–water partition coefficient (Wildman–Crippen LogP) is 2.10. The van der Waals surface area contributed by atoms with Crippen molar-refractivity contribution >= 4 is 22.8 Å². The maximum atomic E-state index is 5.94. The maximum Gasteiger partial charge on any atom is 0.228 e. The second-order valence-electron chi connectivity index (χ2n) is 4.25. The van der Waals surface area contributed by atoms with Gasteiger partial charge < -0.3 is 9.09 Å². The molecule has 0 aliphatic rings. The topological polar surface area (TPSA) is 69.6 Å². The number of aromatic nitrogens is 5. The van der Waals surface area contributed by atoms with Gasteiger partial charge in [-0.15, -0.1) is 11.6 Å². The Bertz CT molecular complexity index is 692. The summed E-state index contributed by atoms with van der Waals surface area (Å²) >= 11 is 5.94. The molecule has 0 aliphatic heterocycles. The van der Waals surface area contributed by atoms with E-state index in [0.717, 1.165) is 22.6 Å². The first-order chi connectivity index (χ1) is 9.28. The minimum Gasteiger partial charge on any atom is -0.340 e. The van der Waals surface area contributed by atoms with Crippen molar-refractivity contribution in [1.82, 2.24) is 24.7 Å². The van der Waals surface area contributed by atoms with Gasteiger partial charge in [-0.05, 0) is 18.6 Å². The minimum atomic E-state index is 0.346. The van der Waals surface area contributed by atoms with Gasteiger partial charge in [0.15, 0.2) is 12.0 Å². The first kappa shape index (κ1) is 12.1. The third-order valence-electron chi connectivity index (χ3n) is 2.88. The second-order valence-corrected chi connectivity index (χ2v) is 4.52. The summed E-state index contributed by atoms with van der Waals surface area (Å²) in [5, 5.41) is 3.59. The summed E-state index contributed by atoms with van der Waals surface area (Å²) in [6.45, 7) is 2.65. The molecular weight excluding hydrogens is 266 g/mol. The van der Waals surface area contributed by atoms with Crippen LogP contribution in [-0.4, -0.2) is 24.7 Å². The van der Waals surface area contributed by atoms with Gasteiger partial charge in [-0.25, -0.2) is 9.97 Å². The molecule has 3 rings (SSSR count). The molecule has 0 saturated carbocycles. The summed E-state index contributed by atoms with van der Waals surface area (Å²) in [4.78, 5) is 12.9. The van der Waals surface area contributed by atoms with Gasteiger partial charge in [-0.1, -0.05) is 5.16 Å². The first-order valence-corrected chi connectivity index (χ1v) is 6.44. The van der Waals surface area contributed by atoms with E-state index in [4.69, 9.17) is 16.1 Å². The van der Waals surface area contributed by atoms with Crippen LogP contribution < -0.4 is 0 Å². The van der Waals surface area contributed by atoms with E-state index in [2.05, 4.69) is 20.1 Å². The fourth-order valence-electron chi connectivity index (χ4n) is 2.01. The SMILES string of the molecule is Cc1cnc2c(c1)nc(CCl)n2CCc1ncno1. The lowest BCUT2D eigenvalue weighted by Crippen LogP contribution is -2.06. The lowest BCUT2D eigenvalue weighted by Gasteiger charge is -2.04. The van der Waals surface area contributed by atoms with Crippen molar-refractivity contribution in [3.05, 3.63) is 35.9 Å². The van der Waals surface area contributed by atoms with Gasteiger partial charge in [0, 0.05) is 19.2 Å². The molecule has 98 valence electrons. The number of hydrogen-bond acceptors (Lipinski definition) is 5. The van der Waals surface area contributed by atoms with Crippen molar-refractivity contribution in [2.75, 3.05) is 0 Å². The number of fused-ring (bicyclic) bond motifs is 1. The molecule has 0 aromatic carbocycles. The van der Waals surface area contributed by atoms with Crippen molar-refractivity contribution in [2.45, 2.75) is 25.8 Å². The number of rotatable bonds is 4. The Morgan fingerprint density at radius 2 is 2.26 bits per heavy atom. The molecule has 6 nitrogen and oxygen atoms in total. The highest BCUT2D eigenvalue weighted by Gasteiger charge is 2.12. The van der Waals surface area contributed by atoms with Gasteiger partial charge >= 0.3 is 0 Å². The molecule has 3 aromatic rings. The van der Waals surface area contributed by atoms with Gasteiger partial charge in [-0.3, -0.25) is 0 Å². The highest BCUT2D eigenvalue weighted by Crippen LogP contribution is 2.17. The molecule has 0 fully saturated rings. The van der Waals surface area contributed by atoms with Crippen LogP contribution in [0, 0.1) is 6.92 Å². The zero-order valence-electron chi connectivity index (χ0n) is 10.4. The number of pyridine rings is 1. The Labute approximate surface area is 114 Å². The average molecular weight is 278 g/mol. The monoisotopic (exact) mass is 277 g/mol. The number of alkyl halides is 1. The molecule has 19 heavy (non-hydrogen) atoms. The van der Waals surface area contributed by atoms with Gasteiger partial charge in [0.2, 0.25) is 5.89 Å². The normalized spacial score (nSPS) is 11.3. The lowest BCUT2D eigenvalue weighted by atomic mass is 10.3. The van der Waals surface area contributed by atoms with Crippen LogP contribution in [0.15, 0.2) is 23.1 Å². The Kier molecular flexibility index (Phi) is 3.16. The zero-order valence-corrected chi connectivity index (χ0v) is 11.1. The summed E-state index contributed by atoms with van der Waals surface area (Å²) in [7, 11) is 0. The van der Waals surface area contributed by atoms with Gasteiger partial charge in [-0.2, -0.15) is 4.98 Å². The highest BCUT2D eigenvalue weighted by atomic mass is 35.5. The number of nitrogens with zero attached hydrogens (tertiary/aromatic N) is 5. The van der Waals surface area contributed by atoms with Crippen LogP contribution in [0.2, 0.25) is 0 Å². The first-order valence-electron chi connectivity index (χ1n) is 5.91. The Hall–Kier alpha value is -1.95. The molecular formula is C12H12ClN5O. The number of aryl methyl sites for hydroxylation is 3. The van der Waals surface area contributed by atoms with E-state index in [1.54, 1.807) is 0 Å². The van der Waals surface area contributed by atoms with Crippen molar-refractivity contribution in [1.29, 1.82) is 0 Å². The molecule has 0 N–H and O–H groups in total. The molecule has 0 radical (unpaired) electrons. The third-order valence-corrected chi connectivity index (χ3v) is 3.12. The number of imidazole rings is 1. The Morgan fingerprint density at radius 3 is 3.00 bits per heavy atom.